The number of nitriles is 1. The van der Waals surface area contributed by atoms with Crippen molar-refractivity contribution in [1.82, 2.24) is 0 Å². The standard InChI is InChI=1S/C21H24N2O2S/c1-4-25-19-9-7-18(8-10-19)23(13-5-12-22)21(24)15-26-20-11-6-16(2)14-17(20)3/h6-11,14H,4-5,13,15H2,1-3H3. The summed E-state index contributed by atoms with van der Waals surface area (Å²) in [4.78, 5) is 15.6. The highest BCUT2D eigenvalue weighted by Crippen LogP contribution is 2.25. The van der Waals surface area contributed by atoms with Gasteiger partial charge in [0.05, 0.1) is 24.8 Å². The summed E-state index contributed by atoms with van der Waals surface area (Å²) in [7, 11) is 0. The van der Waals surface area contributed by atoms with Gasteiger partial charge >= 0.3 is 0 Å². The van der Waals surface area contributed by atoms with Crippen LogP contribution in [0, 0.1) is 25.2 Å². The van der Waals surface area contributed by atoms with Gasteiger partial charge in [-0.1, -0.05) is 17.7 Å². The molecule has 2 aromatic carbocycles. The molecule has 0 bridgehead atoms. The Morgan fingerprint density at radius 2 is 1.92 bits per heavy atom. The molecule has 2 rings (SSSR count). The summed E-state index contributed by atoms with van der Waals surface area (Å²) >= 11 is 1.53. The summed E-state index contributed by atoms with van der Waals surface area (Å²) in [6, 6.07) is 15.8. The predicted molar refractivity (Wildman–Crippen MR) is 107 cm³/mol. The third kappa shape index (κ3) is 5.53. The van der Waals surface area contributed by atoms with E-state index in [4.69, 9.17) is 10.00 Å². The van der Waals surface area contributed by atoms with Crippen molar-refractivity contribution in [3.05, 3.63) is 53.6 Å². The van der Waals surface area contributed by atoms with Crippen molar-refractivity contribution in [2.75, 3.05) is 23.8 Å². The molecule has 1 amide bonds. The minimum atomic E-state index is -0.00520. The molecule has 0 unspecified atom stereocenters. The van der Waals surface area contributed by atoms with Crippen LogP contribution in [0.1, 0.15) is 24.5 Å². The summed E-state index contributed by atoms with van der Waals surface area (Å²) in [6.07, 6.45) is 0.299. The first kappa shape index (κ1) is 19.9. The Bertz CT molecular complexity index is 782. The smallest absolute Gasteiger partial charge is 0.237 e. The first-order chi connectivity index (χ1) is 12.5. The van der Waals surface area contributed by atoms with Gasteiger partial charge in [0, 0.05) is 17.1 Å². The number of hydrogen-bond acceptors (Lipinski definition) is 4. The topological polar surface area (TPSA) is 53.3 Å². The number of rotatable bonds is 8. The first-order valence-electron chi connectivity index (χ1n) is 8.65. The van der Waals surface area contributed by atoms with E-state index in [0.717, 1.165) is 16.3 Å². The predicted octanol–water partition coefficient (Wildman–Crippen LogP) is 4.74. The maximum Gasteiger partial charge on any atom is 0.237 e. The summed E-state index contributed by atoms with van der Waals surface area (Å²) in [6.45, 7) is 7.03. The average Bonchev–Trinajstić information content (AvgIpc) is 2.63. The van der Waals surface area contributed by atoms with Gasteiger partial charge in [-0.3, -0.25) is 4.79 Å². The number of hydrogen-bond donors (Lipinski definition) is 0. The highest BCUT2D eigenvalue weighted by atomic mass is 32.2. The van der Waals surface area contributed by atoms with Crippen LogP contribution >= 0.6 is 11.8 Å². The van der Waals surface area contributed by atoms with Crippen LogP contribution in [-0.2, 0) is 4.79 Å². The van der Waals surface area contributed by atoms with Gasteiger partial charge in [-0.15, -0.1) is 11.8 Å². The van der Waals surface area contributed by atoms with Crippen molar-refractivity contribution in [3.63, 3.8) is 0 Å². The van der Waals surface area contributed by atoms with E-state index in [1.807, 2.05) is 31.2 Å². The number of carbonyl (C=O) groups is 1. The van der Waals surface area contributed by atoms with Crippen molar-refractivity contribution >= 4 is 23.4 Å². The Hall–Kier alpha value is -2.45. The highest BCUT2D eigenvalue weighted by Gasteiger charge is 2.16. The van der Waals surface area contributed by atoms with Gasteiger partial charge in [0.25, 0.3) is 0 Å². The molecule has 136 valence electrons. The molecule has 4 nitrogen and oxygen atoms in total. The van der Waals surface area contributed by atoms with Crippen molar-refractivity contribution in [2.45, 2.75) is 32.1 Å². The van der Waals surface area contributed by atoms with Crippen LogP contribution in [0.3, 0.4) is 0 Å². The molecular formula is C21H24N2O2S. The van der Waals surface area contributed by atoms with E-state index in [-0.39, 0.29) is 5.91 Å². The van der Waals surface area contributed by atoms with Gasteiger partial charge in [-0.2, -0.15) is 5.26 Å². The van der Waals surface area contributed by atoms with E-state index in [2.05, 4.69) is 38.1 Å². The zero-order valence-electron chi connectivity index (χ0n) is 15.5. The molecule has 0 spiro atoms. The number of thioether (sulfide) groups is 1. The second-order valence-electron chi connectivity index (χ2n) is 5.94. The molecule has 26 heavy (non-hydrogen) atoms. The molecule has 0 saturated heterocycles. The summed E-state index contributed by atoms with van der Waals surface area (Å²) in [5, 5.41) is 8.92. The largest absolute Gasteiger partial charge is 0.494 e. The lowest BCUT2D eigenvalue weighted by Gasteiger charge is -2.22. The summed E-state index contributed by atoms with van der Waals surface area (Å²) < 4.78 is 5.45. The van der Waals surface area contributed by atoms with Crippen LogP contribution in [0.2, 0.25) is 0 Å². The van der Waals surface area contributed by atoms with Gasteiger partial charge in [0.1, 0.15) is 5.75 Å². The van der Waals surface area contributed by atoms with Crippen LogP contribution in [0.25, 0.3) is 0 Å². The molecular weight excluding hydrogens is 344 g/mol. The zero-order valence-corrected chi connectivity index (χ0v) is 16.3. The second-order valence-corrected chi connectivity index (χ2v) is 6.96. The molecule has 0 saturated carbocycles. The lowest BCUT2D eigenvalue weighted by atomic mass is 10.2. The third-order valence-corrected chi connectivity index (χ3v) is 5.05. The Kier molecular flexibility index (Phi) is 7.55. The van der Waals surface area contributed by atoms with Crippen LogP contribution in [0.4, 0.5) is 5.69 Å². The molecule has 0 fully saturated rings. The summed E-state index contributed by atoms with van der Waals surface area (Å²) in [5.41, 5.74) is 3.17. The minimum Gasteiger partial charge on any atom is -0.494 e. The fourth-order valence-electron chi connectivity index (χ4n) is 2.63. The molecule has 0 aliphatic rings. The Morgan fingerprint density at radius 1 is 1.19 bits per heavy atom. The lowest BCUT2D eigenvalue weighted by molar-refractivity contribution is -0.116. The monoisotopic (exact) mass is 368 g/mol. The van der Waals surface area contributed by atoms with E-state index >= 15 is 0 Å². The fraction of sp³-hybridized carbons (Fsp3) is 0.333. The van der Waals surface area contributed by atoms with Crippen molar-refractivity contribution in [3.8, 4) is 11.8 Å². The van der Waals surface area contributed by atoms with Crippen LogP contribution in [0.15, 0.2) is 47.4 Å². The maximum atomic E-state index is 12.8. The van der Waals surface area contributed by atoms with Crippen LogP contribution < -0.4 is 9.64 Å². The van der Waals surface area contributed by atoms with E-state index in [1.54, 1.807) is 4.90 Å². The summed E-state index contributed by atoms with van der Waals surface area (Å²) in [5.74, 6) is 1.10. The highest BCUT2D eigenvalue weighted by molar-refractivity contribution is 8.00. The van der Waals surface area contributed by atoms with Gasteiger partial charge in [-0.25, -0.2) is 0 Å². The van der Waals surface area contributed by atoms with Gasteiger partial charge in [0.2, 0.25) is 5.91 Å². The zero-order chi connectivity index (χ0) is 18.9. The SMILES string of the molecule is CCOc1ccc(N(CCC#N)C(=O)CSc2ccc(C)cc2C)cc1. The van der Waals surface area contributed by atoms with Crippen molar-refractivity contribution in [2.24, 2.45) is 0 Å². The number of carbonyl (C=O) groups excluding carboxylic acids is 1. The number of anilines is 1. The minimum absolute atomic E-state index is 0.00520. The van der Waals surface area contributed by atoms with Gasteiger partial charge in [-0.05, 0) is 56.7 Å². The molecule has 0 aromatic heterocycles. The number of benzene rings is 2. The Balaban J connectivity index is 2.09. The molecule has 0 aliphatic carbocycles. The number of nitrogens with zero attached hydrogens (tertiary/aromatic N) is 2. The van der Waals surface area contributed by atoms with Gasteiger partial charge < -0.3 is 9.64 Å². The van der Waals surface area contributed by atoms with Crippen molar-refractivity contribution in [1.29, 1.82) is 5.26 Å². The Morgan fingerprint density at radius 3 is 2.54 bits per heavy atom. The van der Waals surface area contributed by atoms with E-state index in [0.29, 0.717) is 25.3 Å². The third-order valence-electron chi connectivity index (χ3n) is 3.89. The molecule has 0 atom stereocenters. The van der Waals surface area contributed by atoms with Gasteiger partial charge in [0.15, 0.2) is 0 Å². The second kappa shape index (κ2) is 9.88. The average molecular weight is 369 g/mol. The normalized spacial score (nSPS) is 10.2. The van der Waals surface area contributed by atoms with E-state index in [9.17, 15) is 4.79 Å². The quantitative estimate of drug-likeness (QED) is 0.632. The number of ether oxygens (including phenoxy) is 1. The number of aryl methyl sites for hydroxylation is 2. The number of amides is 1. The van der Waals surface area contributed by atoms with E-state index < -0.39 is 0 Å². The molecule has 0 radical (unpaired) electrons. The Labute approximate surface area is 159 Å². The molecule has 5 heteroatoms. The van der Waals surface area contributed by atoms with Crippen LogP contribution in [-0.4, -0.2) is 24.8 Å². The first-order valence-corrected chi connectivity index (χ1v) is 9.64. The molecule has 0 aliphatic heterocycles. The fourth-order valence-corrected chi connectivity index (χ4v) is 3.51. The molecule has 0 heterocycles. The molecule has 0 N–H and O–H groups in total. The van der Waals surface area contributed by atoms with Crippen molar-refractivity contribution < 1.29 is 9.53 Å². The lowest BCUT2D eigenvalue weighted by Crippen LogP contribution is -2.33. The molecule has 2 aromatic rings. The van der Waals surface area contributed by atoms with E-state index in [1.165, 1.54) is 22.9 Å². The van der Waals surface area contributed by atoms with Crippen LogP contribution in [0.5, 0.6) is 5.75 Å². The maximum absolute atomic E-state index is 12.8.